The number of Topliss-reactive ketones (excluding diaryl/α,β-unsaturated/α-hetero) is 1. The fourth-order valence-electron chi connectivity index (χ4n) is 11.0. The molecule has 0 amide bonds. The molecule has 0 radical (unpaired) electrons. The number of esters is 2. The molecule has 8 saturated carbocycles. The highest BCUT2D eigenvalue weighted by molar-refractivity contribution is 7.97. The average molecular weight is 744 g/mol. The van der Waals surface area contributed by atoms with Gasteiger partial charge in [0.05, 0.1) is 10.9 Å². The molecule has 0 spiro atoms. The first-order chi connectivity index (χ1) is 25.4. The molecule has 8 fully saturated rings. The molecule has 3 aromatic rings. The van der Waals surface area contributed by atoms with Crippen molar-refractivity contribution in [1.29, 1.82) is 0 Å². The number of carbonyl (C=O) groups excluding carboxylic acids is 3. The lowest BCUT2D eigenvalue weighted by Crippen LogP contribution is -2.58. The Labute approximate surface area is 313 Å². The maximum Gasteiger partial charge on any atom is 0.377 e. The molecule has 0 N–H and O–H groups in total. The summed E-state index contributed by atoms with van der Waals surface area (Å²) in [4.78, 5) is 39.9. The van der Waals surface area contributed by atoms with E-state index in [2.05, 4.69) is 79.7 Å². The van der Waals surface area contributed by atoms with Crippen molar-refractivity contribution in [3.05, 3.63) is 84.9 Å². The first kappa shape index (κ1) is 36.3. The van der Waals surface area contributed by atoms with Gasteiger partial charge in [0.2, 0.25) is 0 Å². The summed E-state index contributed by atoms with van der Waals surface area (Å²) in [6.45, 7) is 2.70. The molecule has 3 aromatic carbocycles. The van der Waals surface area contributed by atoms with Crippen molar-refractivity contribution in [2.24, 2.45) is 41.4 Å². The number of ether oxygens (including phenoxy) is 3. The Kier molecular flexibility index (Phi) is 9.69. The third kappa shape index (κ3) is 7.39. The first-order valence-electron chi connectivity index (χ1n) is 19.3. The summed E-state index contributed by atoms with van der Waals surface area (Å²) in [5.41, 5.74) is -1.10. The molecule has 6 nitrogen and oxygen atoms in total. The molecule has 11 rings (SSSR count). The van der Waals surface area contributed by atoms with E-state index >= 15 is 0 Å². The van der Waals surface area contributed by atoms with Crippen LogP contribution in [-0.4, -0.2) is 41.5 Å². The Morgan fingerprint density at radius 2 is 1.21 bits per heavy atom. The summed E-state index contributed by atoms with van der Waals surface area (Å²) in [5, 5.41) is 0. The molecule has 280 valence electrons. The van der Waals surface area contributed by atoms with Gasteiger partial charge in [0.25, 0.3) is 0 Å². The van der Waals surface area contributed by atoms with E-state index in [0.29, 0.717) is 49.7 Å². The van der Waals surface area contributed by atoms with Gasteiger partial charge < -0.3 is 14.2 Å². The molecule has 9 heteroatoms. The van der Waals surface area contributed by atoms with Gasteiger partial charge in [0.1, 0.15) is 22.7 Å². The van der Waals surface area contributed by atoms with Crippen molar-refractivity contribution in [2.75, 3.05) is 6.61 Å². The number of ketones is 1. The maximum atomic E-state index is 12.9. The number of benzene rings is 3. The second kappa shape index (κ2) is 14.2. The monoisotopic (exact) mass is 743 g/mol. The molecule has 8 bridgehead atoms. The van der Waals surface area contributed by atoms with Gasteiger partial charge in [-0.15, -0.1) is 0 Å². The number of hydrogen-bond donors (Lipinski definition) is 0. The van der Waals surface area contributed by atoms with Crippen molar-refractivity contribution in [3.8, 4) is 5.75 Å². The highest BCUT2D eigenvalue weighted by Crippen LogP contribution is 2.59. The predicted molar refractivity (Wildman–Crippen MR) is 197 cm³/mol. The number of rotatable bonds is 9. The molecule has 8 aliphatic rings. The Hall–Kier alpha value is -3.72. The van der Waals surface area contributed by atoms with Crippen LogP contribution in [0.5, 0.6) is 5.75 Å². The minimum Gasteiger partial charge on any atom is -0.482 e. The van der Waals surface area contributed by atoms with Crippen molar-refractivity contribution in [2.45, 2.75) is 110 Å². The third-order valence-corrected chi connectivity index (χ3v) is 15.3. The van der Waals surface area contributed by atoms with Crippen molar-refractivity contribution in [3.63, 3.8) is 0 Å². The Bertz CT molecular complexity index is 1720. The molecule has 53 heavy (non-hydrogen) atoms. The lowest BCUT2D eigenvalue weighted by atomic mass is 9.50. The van der Waals surface area contributed by atoms with Crippen LogP contribution in [0.4, 0.5) is 8.78 Å². The zero-order valence-electron chi connectivity index (χ0n) is 30.5. The highest BCUT2D eigenvalue weighted by atomic mass is 32.2. The van der Waals surface area contributed by atoms with Gasteiger partial charge in [-0.25, -0.2) is 9.59 Å². The minimum absolute atomic E-state index is 0.0374. The summed E-state index contributed by atoms with van der Waals surface area (Å²) in [6.07, 6.45) is 9.53. The quantitative estimate of drug-likeness (QED) is 0.161. The zero-order valence-corrected chi connectivity index (χ0v) is 31.3. The number of alkyl halides is 2. The smallest absolute Gasteiger partial charge is 0.377 e. The first-order valence-corrected chi connectivity index (χ1v) is 20.5. The summed E-state index contributed by atoms with van der Waals surface area (Å²) >= 11 is 0. The van der Waals surface area contributed by atoms with E-state index in [1.807, 2.05) is 12.1 Å². The van der Waals surface area contributed by atoms with E-state index in [0.717, 1.165) is 24.7 Å². The van der Waals surface area contributed by atoms with Crippen LogP contribution in [0, 0.1) is 41.4 Å². The van der Waals surface area contributed by atoms with Crippen LogP contribution in [0.15, 0.2) is 99.6 Å². The molecular weight excluding hydrogens is 695 g/mol. The molecule has 8 aliphatic carbocycles. The lowest BCUT2D eigenvalue weighted by Gasteiger charge is -2.59. The second-order valence-electron chi connectivity index (χ2n) is 16.9. The van der Waals surface area contributed by atoms with Gasteiger partial charge in [-0.05, 0) is 149 Å². The minimum atomic E-state index is -3.45. The molecular formula is C44H49F2O6S+. The third-order valence-electron chi connectivity index (χ3n) is 13.1. The molecule has 0 heterocycles. The molecule has 2 atom stereocenters. The Balaban J connectivity index is 0.000000186. The normalized spacial score (nSPS) is 33.3. The van der Waals surface area contributed by atoms with Crippen LogP contribution in [0.25, 0.3) is 0 Å². The standard InChI is InChI=1S/C31H33O3S.C13H16F2O3/c1-31(24-17-22-16-23(19-24)20-25(31)18-22)34-30(32)21-33-26-12-14-29(15-13-26)35(27-8-4-2-5-9-27)28-10-6-3-7-11-28;1-12(14,15)11(17)18-13-4-7-2-8(5-13)10(16)9(3-7)6-13/h2-15,22-25H,16-21H2,1H3;7-9H,2-6H2,1H3/q+1;. The topological polar surface area (TPSA) is 78.9 Å². The van der Waals surface area contributed by atoms with E-state index in [4.69, 9.17) is 14.2 Å². The summed E-state index contributed by atoms with van der Waals surface area (Å²) < 4.78 is 43.0. The van der Waals surface area contributed by atoms with Gasteiger partial charge in [-0.1, -0.05) is 36.4 Å². The lowest BCUT2D eigenvalue weighted by molar-refractivity contribution is -0.207. The van der Waals surface area contributed by atoms with Crippen LogP contribution in [0.2, 0.25) is 0 Å². The molecule has 2 unspecified atom stereocenters. The summed E-state index contributed by atoms with van der Waals surface area (Å²) in [5.74, 6) is -1.21. The van der Waals surface area contributed by atoms with E-state index in [1.165, 1.54) is 46.8 Å². The van der Waals surface area contributed by atoms with Crippen molar-refractivity contribution >= 4 is 28.6 Å². The van der Waals surface area contributed by atoms with Gasteiger partial charge in [-0.3, -0.25) is 4.79 Å². The fraction of sp³-hybridized carbons (Fsp3) is 0.523. The number of hydrogen-bond acceptors (Lipinski definition) is 6. The van der Waals surface area contributed by atoms with Gasteiger partial charge in [-0.2, -0.15) is 8.78 Å². The van der Waals surface area contributed by atoms with Gasteiger partial charge >= 0.3 is 17.9 Å². The molecule has 0 saturated heterocycles. The molecule has 0 aromatic heterocycles. The predicted octanol–water partition coefficient (Wildman–Crippen LogP) is 9.25. The highest BCUT2D eigenvalue weighted by Gasteiger charge is 2.59. The summed E-state index contributed by atoms with van der Waals surface area (Å²) in [6, 6.07) is 29.4. The second-order valence-corrected chi connectivity index (χ2v) is 18.9. The maximum absolute atomic E-state index is 12.9. The van der Waals surface area contributed by atoms with Crippen LogP contribution in [-0.2, 0) is 34.8 Å². The zero-order chi connectivity index (χ0) is 37.0. The van der Waals surface area contributed by atoms with Crippen LogP contribution >= 0.6 is 0 Å². The van der Waals surface area contributed by atoms with Crippen LogP contribution in [0.3, 0.4) is 0 Å². The average Bonchev–Trinajstić information content (AvgIpc) is 3.13. The van der Waals surface area contributed by atoms with Crippen molar-refractivity contribution < 1.29 is 37.4 Å². The van der Waals surface area contributed by atoms with Crippen LogP contribution < -0.4 is 4.74 Å². The van der Waals surface area contributed by atoms with Gasteiger partial charge in [0.15, 0.2) is 21.3 Å². The largest absolute Gasteiger partial charge is 0.482 e. The number of halogens is 2. The molecule has 0 aliphatic heterocycles. The summed E-state index contributed by atoms with van der Waals surface area (Å²) in [7, 11) is -0.196. The SMILES string of the molecule is CC(F)(F)C(=O)OC12CC3CC(C1)C(=O)C(C3)C2.CC1(OC(=O)COc2ccc([S+](c3ccccc3)c3ccccc3)cc2)C2CC3CC(C2)CC1C3. The number of carbonyl (C=O) groups is 3. The van der Waals surface area contributed by atoms with Crippen LogP contribution in [0.1, 0.15) is 78.1 Å². The van der Waals surface area contributed by atoms with Gasteiger partial charge in [0, 0.05) is 18.8 Å². The Morgan fingerprint density at radius 3 is 1.72 bits per heavy atom. The Morgan fingerprint density at radius 1 is 0.698 bits per heavy atom. The van der Waals surface area contributed by atoms with E-state index in [-0.39, 0.29) is 46.7 Å². The van der Waals surface area contributed by atoms with E-state index in [1.54, 1.807) is 0 Å². The van der Waals surface area contributed by atoms with Crippen molar-refractivity contribution in [1.82, 2.24) is 0 Å². The van der Waals surface area contributed by atoms with E-state index in [9.17, 15) is 23.2 Å². The fourth-order valence-corrected chi connectivity index (χ4v) is 13.1. The van der Waals surface area contributed by atoms with E-state index < -0.39 is 17.5 Å².